The minimum atomic E-state index is -0.427. The van der Waals surface area contributed by atoms with E-state index in [0.29, 0.717) is 11.1 Å². The van der Waals surface area contributed by atoms with Crippen molar-refractivity contribution in [2.75, 3.05) is 34.4 Å². The molecule has 188 valence electrons. The Bertz CT molecular complexity index is 1570. The van der Waals surface area contributed by atoms with Gasteiger partial charge in [0.15, 0.2) is 23.1 Å². The van der Waals surface area contributed by atoms with Crippen LogP contribution in [-0.4, -0.2) is 23.1 Å². The van der Waals surface area contributed by atoms with E-state index in [4.69, 9.17) is 34.4 Å². The summed E-state index contributed by atoms with van der Waals surface area (Å²) >= 11 is 0. The van der Waals surface area contributed by atoms with Crippen molar-refractivity contribution in [1.82, 2.24) is 0 Å². The number of nitrogen functional groups attached to an aromatic ring is 6. The number of hydrogen-bond acceptors (Lipinski definition) is 10. The van der Waals surface area contributed by atoms with E-state index in [0.717, 1.165) is 0 Å². The van der Waals surface area contributed by atoms with Gasteiger partial charge in [-0.05, 0) is 36.4 Å². The molecule has 0 saturated carbocycles. The van der Waals surface area contributed by atoms with E-state index in [9.17, 15) is 19.2 Å². The first-order valence-electron chi connectivity index (χ1n) is 11.4. The first-order chi connectivity index (χ1) is 18.0. The number of ketones is 4. The van der Waals surface area contributed by atoms with Gasteiger partial charge in [0.25, 0.3) is 0 Å². The molecule has 0 fully saturated rings. The SMILES string of the molecule is Nc1ccc(N)c2c1C(=O)c1c(N)ccc(N)c1C2=O.Nc1ccc(N)c2c1C(=O)c1ccccc1C2=O. The van der Waals surface area contributed by atoms with Gasteiger partial charge in [-0.1, -0.05) is 24.3 Å². The molecule has 0 saturated heterocycles. The van der Waals surface area contributed by atoms with Gasteiger partial charge in [-0.25, -0.2) is 0 Å². The number of nitrogens with two attached hydrogens (primary N) is 6. The average Bonchev–Trinajstić information content (AvgIpc) is 2.90. The quantitative estimate of drug-likeness (QED) is 0.165. The second-order valence-electron chi connectivity index (χ2n) is 8.84. The fourth-order valence-corrected chi connectivity index (χ4v) is 4.77. The zero-order valence-electron chi connectivity index (χ0n) is 19.9. The number of hydrogen-bond donors (Lipinski definition) is 6. The molecule has 4 aromatic rings. The molecule has 38 heavy (non-hydrogen) atoms. The van der Waals surface area contributed by atoms with E-state index in [1.807, 2.05) is 0 Å². The molecule has 0 amide bonds. The highest BCUT2D eigenvalue weighted by atomic mass is 16.1. The normalized spacial score (nSPS) is 13.1. The molecule has 0 atom stereocenters. The van der Waals surface area contributed by atoms with Crippen LogP contribution in [0.15, 0.2) is 60.7 Å². The molecular formula is C28H22N6O4. The molecule has 0 aromatic heterocycles. The van der Waals surface area contributed by atoms with Gasteiger partial charge in [0, 0.05) is 45.3 Å². The molecule has 0 heterocycles. The number of rotatable bonds is 0. The molecule has 10 heteroatoms. The van der Waals surface area contributed by atoms with Crippen LogP contribution in [0.5, 0.6) is 0 Å². The van der Waals surface area contributed by atoms with E-state index in [-0.39, 0.29) is 79.1 Å². The number of fused-ring (bicyclic) bond motifs is 4. The van der Waals surface area contributed by atoms with Gasteiger partial charge in [0.2, 0.25) is 0 Å². The minimum Gasteiger partial charge on any atom is -0.398 e. The topological polar surface area (TPSA) is 224 Å². The van der Waals surface area contributed by atoms with Crippen LogP contribution in [-0.2, 0) is 0 Å². The van der Waals surface area contributed by atoms with E-state index < -0.39 is 11.6 Å². The van der Waals surface area contributed by atoms with Gasteiger partial charge >= 0.3 is 0 Å². The molecule has 12 N–H and O–H groups in total. The first-order valence-corrected chi connectivity index (χ1v) is 11.4. The third-order valence-corrected chi connectivity index (χ3v) is 6.59. The van der Waals surface area contributed by atoms with Crippen molar-refractivity contribution < 1.29 is 19.2 Å². The zero-order chi connectivity index (χ0) is 27.5. The molecule has 0 spiro atoms. The predicted octanol–water partition coefficient (Wildman–Crippen LogP) is 2.42. The summed E-state index contributed by atoms with van der Waals surface area (Å²) in [6.45, 7) is 0. The van der Waals surface area contributed by atoms with E-state index >= 15 is 0 Å². The maximum Gasteiger partial charge on any atom is 0.198 e. The molecule has 10 nitrogen and oxygen atoms in total. The minimum absolute atomic E-state index is 0.0970. The molecule has 2 aliphatic rings. The molecule has 0 aliphatic heterocycles. The number of carbonyl (C=O) groups excluding carboxylic acids is 4. The maximum atomic E-state index is 12.6. The van der Waals surface area contributed by atoms with Gasteiger partial charge in [-0.2, -0.15) is 0 Å². The fraction of sp³-hybridized carbons (Fsp3) is 0. The molecule has 0 unspecified atom stereocenters. The van der Waals surface area contributed by atoms with Crippen LogP contribution in [0.25, 0.3) is 0 Å². The monoisotopic (exact) mass is 506 g/mol. The van der Waals surface area contributed by atoms with Crippen LogP contribution in [0.3, 0.4) is 0 Å². The van der Waals surface area contributed by atoms with Crippen molar-refractivity contribution >= 4 is 57.3 Å². The maximum absolute atomic E-state index is 12.6. The van der Waals surface area contributed by atoms with Gasteiger partial charge in [0.1, 0.15) is 0 Å². The Balaban J connectivity index is 0.000000156. The molecular weight excluding hydrogens is 484 g/mol. The largest absolute Gasteiger partial charge is 0.398 e. The Hall–Kier alpha value is -5.64. The van der Waals surface area contributed by atoms with Crippen molar-refractivity contribution in [2.24, 2.45) is 0 Å². The van der Waals surface area contributed by atoms with Gasteiger partial charge in [-0.3, -0.25) is 19.2 Å². The van der Waals surface area contributed by atoms with E-state index in [2.05, 4.69) is 0 Å². The summed E-state index contributed by atoms with van der Waals surface area (Å²) in [5, 5.41) is 0. The summed E-state index contributed by atoms with van der Waals surface area (Å²) in [4.78, 5) is 49.8. The van der Waals surface area contributed by atoms with Crippen LogP contribution in [0.2, 0.25) is 0 Å². The van der Waals surface area contributed by atoms with Crippen molar-refractivity contribution in [1.29, 1.82) is 0 Å². The van der Waals surface area contributed by atoms with Crippen molar-refractivity contribution in [3.63, 3.8) is 0 Å². The highest BCUT2D eigenvalue weighted by Gasteiger charge is 2.36. The van der Waals surface area contributed by atoms with Gasteiger partial charge in [-0.15, -0.1) is 0 Å². The summed E-state index contributed by atoms with van der Waals surface area (Å²) in [6, 6.07) is 15.8. The van der Waals surface area contributed by atoms with Crippen LogP contribution < -0.4 is 34.4 Å². The lowest BCUT2D eigenvalue weighted by Crippen LogP contribution is -2.26. The molecule has 6 rings (SSSR count). The summed E-state index contributed by atoms with van der Waals surface area (Å²) in [5.74, 6) is -1.34. The van der Waals surface area contributed by atoms with E-state index in [1.54, 1.807) is 36.4 Å². The molecule has 0 bridgehead atoms. The predicted molar refractivity (Wildman–Crippen MR) is 146 cm³/mol. The summed E-state index contributed by atoms with van der Waals surface area (Å²) in [6.07, 6.45) is 0. The summed E-state index contributed by atoms with van der Waals surface area (Å²) in [7, 11) is 0. The number of carbonyl (C=O) groups is 4. The van der Waals surface area contributed by atoms with Crippen molar-refractivity contribution in [3.05, 3.63) is 105 Å². The van der Waals surface area contributed by atoms with Crippen molar-refractivity contribution in [3.8, 4) is 0 Å². The second-order valence-corrected chi connectivity index (χ2v) is 8.84. The molecule has 4 aromatic carbocycles. The third kappa shape index (κ3) is 3.35. The highest BCUT2D eigenvalue weighted by molar-refractivity contribution is 6.34. The summed E-state index contributed by atoms with van der Waals surface area (Å²) in [5.41, 5.74) is 37.8. The Kier molecular flexibility index (Phi) is 5.38. The number of anilines is 6. The first kappa shape index (κ1) is 24.1. The van der Waals surface area contributed by atoms with Crippen molar-refractivity contribution in [2.45, 2.75) is 0 Å². The lowest BCUT2D eigenvalue weighted by atomic mass is 9.81. The molecule has 0 radical (unpaired) electrons. The standard InChI is InChI=1S/C14H12N4O2.C14H10N2O2/c15-5-1-2-6(16)10-9(5)13(19)11-7(17)3-4-8(18)12(11)14(10)20;15-9-5-6-10(16)12-11(9)13(17)7-3-1-2-4-8(7)14(12)18/h1-4H,15-18H2;1-6H,15-16H2. The van der Waals surface area contributed by atoms with Crippen LogP contribution in [0.4, 0.5) is 34.1 Å². The Morgan fingerprint density at radius 2 is 0.526 bits per heavy atom. The van der Waals surface area contributed by atoms with Crippen LogP contribution in [0.1, 0.15) is 63.7 Å². The molecule has 2 aliphatic carbocycles. The highest BCUT2D eigenvalue weighted by Crippen LogP contribution is 2.38. The van der Waals surface area contributed by atoms with Gasteiger partial charge < -0.3 is 34.4 Å². The lowest BCUT2D eigenvalue weighted by Gasteiger charge is -2.22. The Morgan fingerprint density at radius 1 is 0.316 bits per heavy atom. The van der Waals surface area contributed by atoms with Gasteiger partial charge in [0.05, 0.1) is 33.4 Å². The lowest BCUT2D eigenvalue weighted by molar-refractivity contribution is 0.0980. The third-order valence-electron chi connectivity index (χ3n) is 6.59. The summed E-state index contributed by atoms with van der Waals surface area (Å²) < 4.78 is 0. The zero-order valence-corrected chi connectivity index (χ0v) is 19.9. The van der Waals surface area contributed by atoms with Crippen LogP contribution >= 0.6 is 0 Å². The second kappa shape index (κ2) is 8.49. The van der Waals surface area contributed by atoms with Crippen LogP contribution in [0, 0.1) is 0 Å². The average molecular weight is 507 g/mol. The Morgan fingerprint density at radius 3 is 0.763 bits per heavy atom. The Labute approximate surface area is 216 Å². The van der Waals surface area contributed by atoms with E-state index in [1.165, 1.54) is 24.3 Å². The smallest absolute Gasteiger partial charge is 0.198 e. The number of benzene rings is 4. The fourth-order valence-electron chi connectivity index (χ4n) is 4.77.